The van der Waals surface area contributed by atoms with E-state index in [2.05, 4.69) is 25.0 Å². The predicted molar refractivity (Wildman–Crippen MR) is 98.3 cm³/mol. The van der Waals surface area contributed by atoms with E-state index < -0.39 is 24.8 Å². The van der Waals surface area contributed by atoms with E-state index in [0.717, 1.165) is 0 Å². The van der Waals surface area contributed by atoms with Gasteiger partial charge < -0.3 is 19.5 Å². The summed E-state index contributed by atoms with van der Waals surface area (Å²) in [5.74, 6) is -0.195. The van der Waals surface area contributed by atoms with Crippen LogP contribution in [0.1, 0.15) is 16.8 Å². The van der Waals surface area contributed by atoms with Crippen LogP contribution in [0.15, 0.2) is 18.2 Å². The van der Waals surface area contributed by atoms with Gasteiger partial charge in [0, 0.05) is 17.6 Å². The number of rotatable bonds is 9. The molecule has 1 heterocycles. The van der Waals surface area contributed by atoms with E-state index in [1.807, 2.05) is 0 Å². The molecule has 0 fully saturated rings. The number of halogens is 5. The lowest BCUT2D eigenvalue weighted by Gasteiger charge is -2.13. The third kappa shape index (κ3) is 7.42. The van der Waals surface area contributed by atoms with Crippen LogP contribution in [0.5, 0.6) is 11.8 Å². The predicted octanol–water partition coefficient (Wildman–Crippen LogP) is 4.00. The molecule has 0 radical (unpaired) electrons. The van der Waals surface area contributed by atoms with Gasteiger partial charge in [-0.1, -0.05) is 0 Å². The molecular weight excluding hydrogens is 440 g/mol. The molecule has 0 amide bonds. The third-order valence-electron chi connectivity index (χ3n) is 3.13. The van der Waals surface area contributed by atoms with E-state index in [1.54, 1.807) is 0 Å². The molecule has 0 aliphatic rings. The monoisotopic (exact) mass is 454 g/mol. The van der Waals surface area contributed by atoms with Crippen molar-refractivity contribution in [2.75, 3.05) is 31.5 Å². The van der Waals surface area contributed by atoms with Gasteiger partial charge in [0.2, 0.25) is 11.2 Å². The van der Waals surface area contributed by atoms with E-state index in [4.69, 9.17) is 32.7 Å². The van der Waals surface area contributed by atoms with E-state index in [0.29, 0.717) is 18.0 Å². The number of alkyl halides is 4. The van der Waals surface area contributed by atoms with Gasteiger partial charge in [0.1, 0.15) is 11.3 Å². The average Bonchev–Trinajstić information content (AvgIpc) is 2.65. The molecule has 8 nitrogen and oxygen atoms in total. The van der Waals surface area contributed by atoms with Crippen molar-refractivity contribution in [3.05, 3.63) is 29.0 Å². The van der Waals surface area contributed by atoms with Crippen LogP contribution in [-0.2, 0) is 4.74 Å². The normalized spacial score (nSPS) is 11.1. The highest BCUT2D eigenvalue weighted by molar-refractivity contribution is 6.28. The van der Waals surface area contributed by atoms with Gasteiger partial charge in [-0.3, -0.25) is 0 Å². The minimum absolute atomic E-state index is 0.167. The first-order valence-corrected chi connectivity index (χ1v) is 8.92. The Morgan fingerprint density at radius 1 is 1.21 bits per heavy atom. The fourth-order valence-electron chi connectivity index (χ4n) is 1.96. The summed E-state index contributed by atoms with van der Waals surface area (Å²) in [7, 11) is 1.23. The standard InChI is InChI=1S/C16H15Cl2F3N4O4/c1-27-12(26)10-4-3-9(7-11(10)28-6-2-5-17)22-14-23-13(18)24-15(25-14)29-8-16(19,20)21/h3-4,7H,2,5-6,8H2,1H3,(H,22,23,24,25). The second kappa shape index (κ2) is 10.3. The fourth-order valence-corrected chi connectivity index (χ4v) is 2.22. The van der Waals surface area contributed by atoms with Crippen LogP contribution < -0.4 is 14.8 Å². The summed E-state index contributed by atoms with van der Waals surface area (Å²) in [6, 6.07) is 3.80. The smallest absolute Gasteiger partial charge is 0.422 e. The number of aromatic nitrogens is 3. The summed E-state index contributed by atoms with van der Waals surface area (Å²) in [5.41, 5.74) is 0.540. The highest BCUT2D eigenvalue weighted by atomic mass is 35.5. The van der Waals surface area contributed by atoms with Gasteiger partial charge in [-0.25, -0.2) is 4.79 Å². The molecule has 0 saturated heterocycles. The number of nitrogens with zero attached hydrogens (tertiary/aromatic N) is 3. The van der Waals surface area contributed by atoms with Crippen LogP contribution in [-0.4, -0.2) is 53.3 Å². The highest BCUT2D eigenvalue weighted by Crippen LogP contribution is 2.27. The van der Waals surface area contributed by atoms with Crippen molar-refractivity contribution in [1.29, 1.82) is 0 Å². The maximum Gasteiger partial charge on any atom is 0.422 e. The second-order valence-corrected chi connectivity index (χ2v) is 6.05. The van der Waals surface area contributed by atoms with Crippen LogP contribution >= 0.6 is 23.2 Å². The van der Waals surface area contributed by atoms with E-state index in [-0.39, 0.29) is 29.2 Å². The lowest BCUT2D eigenvalue weighted by molar-refractivity contribution is -0.154. The van der Waals surface area contributed by atoms with Crippen LogP contribution in [0, 0.1) is 0 Å². The Kier molecular flexibility index (Phi) is 8.09. The van der Waals surface area contributed by atoms with Crippen LogP contribution in [0.25, 0.3) is 0 Å². The van der Waals surface area contributed by atoms with Gasteiger partial charge in [0.05, 0.1) is 13.7 Å². The summed E-state index contributed by atoms with van der Waals surface area (Å²) in [6.45, 7) is -1.33. The molecule has 2 aromatic rings. The molecule has 0 saturated carbocycles. The molecule has 0 spiro atoms. The second-order valence-electron chi connectivity index (χ2n) is 5.33. The van der Waals surface area contributed by atoms with Crippen LogP contribution in [0.4, 0.5) is 24.8 Å². The average molecular weight is 455 g/mol. The summed E-state index contributed by atoms with van der Waals surface area (Å²) < 4.78 is 51.6. The van der Waals surface area contributed by atoms with Crippen molar-refractivity contribution in [2.24, 2.45) is 0 Å². The number of carbonyl (C=O) groups excluding carboxylic acids is 1. The molecule has 29 heavy (non-hydrogen) atoms. The summed E-state index contributed by atoms with van der Waals surface area (Å²) in [5, 5.41) is 2.36. The molecule has 1 N–H and O–H groups in total. The zero-order valence-electron chi connectivity index (χ0n) is 14.9. The summed E-state index contributed by atoms with van der Waals surface area (Å²) in [6.07, 6.45) is -4.02. The number of nitrogens with one attached hydrogen (secondary N) is 1. The molecule has 0 bridgehead atoms. The van der Waals surface area contributed by atoms with Gasteiger partial charge in [-0.2, -0.15) is 28.1 Å². The van der Waals surface area contributed by atoms with Crippen LogP contribution in [0.3, 0.4) is 0 Å². The molecule has 0 atom stereocenters. The number of anilines is 2. The van der Waals surface area contributed by atoms with Crippen molar-refractivity contribution < 1.29 is 32.2 Å². The van der Waals surface area contributed by atoms with Crippen molar-refractivity contribution in [3.63, 3.8) is 0 Å². The molecule has 2 rings (SSSR count). The summed E-state index contributed by atoms with van der Waals surface area (Å²) >= 11 is 11.3. The fraction of sp³-hybridized carbons (Fsp3) is 0.375. The molecule has 1 aromatic heterocycles. The van der Waals surface area contributed by atoms with Gasteiger partial charge in [0.25, 0.3) is 0 Å². The number of methoxy groups -OCH3 is 1. The number of hydrogen-bond donors (Lipinski definition) is 1. The topological polar surface area (TPSA) is 95.5 Å². The van der Waals surface area contributed by atoms with Crippen molar-refractivity contribution in [3.8, 4) is 11.8 Å². The van der Waals surface area contributed by atoms with E-state index >= 15 is 0 Å². The Morgan fingerprint density at radius 2 is 1.97 bits per heavy atom. The first-order valence-electron chi connectivity index (χ1n) is 8.01. The maximum atomic E-state index is 12.3. The van der Waals surface area contributed by atoms with E-state index in [1.165, 1.54) is 25.3 Å². The van der Waals surface area contributed by atoms with Crippen molar-refractivity contribution >= 4 is 40.8 Å². The van der Waals surface area contributed by atoms with Gasteiger partial charge >= 0.3 is 18.2 Å². The zero-order valence-corrected chi connectivity index (χ0v) is 16.4. The Labute approximate surface area is 173 Å². The molecule has 0 unspecified atom stereocenters. The number of benzene rings is 1. The van der Waals surface area contributed by atoms with Crippen molar-refractivity contribution in [2.45, 2.75) is 12.6 Å². The molecule has 0 aliphatic heterocycles. The minimum atomic E-state index is -4.56. The molecule has 158 valence electrons. The number of esters is 1. The maximum absolute atomic E-state index is 12.3. The Morgan fingerprint density at radius 3 is 2.62 bits per heavy atom. The largest absolute Gasteiger partial charge is 0.493 e. The zero-order chi connectivity index (χ0) is 21.4. The Balaban J connectivity index is 2.23. The van der Waals surface area contributed by atoms with Gasteiger partial charge in [-0.15, -0.1) is 11.6 Å². The first-order chi connectivity index (χ1) is 13.7. The Hall–Kier alpha value is -2.53. The van der Waals surface area contributed by atoms with E-state index in [9.17, 15) is 18.0 Å². The van der Waals surface area contributed by atoms with Gasteiger partial charge in [-0.05, 0) is 30.2 Å². The third-order valence-corrected chi connectivity index (χ3v) is 3.57. The number of carbonyl (C=O) groups is 1. The number of hydrogen-bond acceptors (Lipinski definition) is 8. The lowest BCUT2D eigenvalue weighted by Crippen LogP contribution is -2.20. The lowest BCUT2D eigenvalue weighted by atomic mass is 10.2. The SMILES string of the molecule is COC(=O)c1ccc(Nc2nc(Cl)nc(OCC(F)(F)F)n2)cc1OCCCCl. The Bertz CT molecular complexity index is 855. The van der Waals surface area contributed by atoms with Crippen LogP contribution in [0.2, 0.25) is 5.28 Å². The molecule has 13 heteroatoms. The quantitative estimate of drug-likeness (QED) is 0.345. The van der Waals surface area contributed by atoms with Gasteiger partial charge in [0.15, 0.2) is 6.61 Å². The molecule has 1 aromatic carbocycles. The first kappa shape index (κ1) is 22.8. The highest BCUT2D eigenvalue weighted by Gasteiger charge is 2.29. The summed E-state index contributed by atoms with van der Waals surface area (Å²) in [4.78, 5) is 22.8. The molecule has 0 aliphatic carbocycles. The molecular formula is C16H15Cl2F3N4O4. The number of ether oxygens (including phenoxy) is 3. The minimum Gasteiger partial charge on any atom is -0.493 e. The van der Waals surface area contributed by atoms with Crippen molar-refractivity contribution in [1.82, 2.24) is 15.0 Å².